The predicted molar refractivity (Wildman–Crippen MR) is 71.0 cm³/mol. The number of carbonyl (C=O) groups is 2. The summed E-state index contributed by atoms with van der Waals surface area (Å²) in [6.45, 7) is 9.37. The number of hydrogen-bond acceptors (Lipinski definition) is 4. The van der Waals surface area contributed by atoms with Crippen LogP contribution < -0.4 is 0 Å². The van der Waals surface area contributed by atoms with Crippen LogP contribution in [0.4, 0.5) is 0 Å². The topological polar surface area (TPSA) is 70.1 Å². The Hall–Kier alpha value is -1.14. The van der Waals surface area contributed by atoms with E-state index in [2.05, 4.69) is 0 Å². The Morgan fingerprint density at radius 1 is 1.47 bits per heavy atom. The maximum absolute atomic E-state index is 12.2. The van der Waals surface area contributed by atoms with E-state index in [-0.39, 0.29) is 18.6 Å². The molecule has 1 aliphatic rings. The number of hydrogen-bond donors (Lipinski definition) is 1. The largest absolute Gasteiger partial charge is 0.480 e. The summed E-state index contributed by atoms with van der Waals surface area (Å²) >= 11 is 0. The highest BCUT2D eigenvalue weighted by Gasteiger charge is 2.35. The molecule has 0 bridgehead atoms. The molecule has 6 nitrogen and oxygen atoms in total. The average molecular weight is 272 g/mol. The Bertz CT molecular complexity index is 344. The zero-order chi connectivity index (χ0) is 14.6. The van der Waals surface area contributed by atoms with E-state index >= 15 is 0 Å². The minimum Gasteiger partial charge on any atom is -0.480 e. The molecule has 0 spiro atoms. The molecule has 6 heteroatoms. The van der Waals surface area contributed by atoms with Crippen LogP contribution in [0.5, 0.6) is 0 Å². The van der Waals surface area contributed by atoms with E-state index in [9.17, 15) is 14.7 Å². The van der Waals surface area contributed by atoms with Gasteiger partial charge in [0.05, 0.1) is 19.3 Å². The molecule has 1 N–H and O–H groups in total. The molecule has 1 amide bonds. The second-order valence-corrected chi connectivity index (χ2v) is 5.40. The smallest absolute Gasteiger partial charge is 0.323 e. The summed E-state index contributed by atoms with van der Waals surface area (Å²) in [4.78, 5) is 26.9. The first-order valence-corrected chi connectivity index (χ1v) is 6.66. The van der Waals surface area contributed by atoms with Gasteiger partial charge in [0.25, 0.3) is 0 Å². The zero-order valence-electron chi connectivity index (χ0n) is 12.2. The summed E-state index contributed by atoms with van der Waals surface area (Å²) in [6, 6.07) is 0. The first kappa shape index (κ1) is 15.9. The number of amides is 1. The van der Waals surface area contributed by atoms with Gasteiger partial charge in [-0.2, -0.15) is 0 Å². The molecule has 0 radical (unpaired) electrons. The molecule has 0 aliphatic carbocycles. The van der Waals surface area contributed by atoms with Gasteiger partial charge in [0.15, 0.2) is 0 Å². The van der Waals surface area contributed by atoms with Crippen molar-refractivity contribution in [2.45, 2.75) is 39.3 Å². The van der Waals surface area contributed by atoms with Crippen LogP contribution in [0.15, 0.2) is 0 Å². The van der Waals surface area contributed by atoms with E-state index in [1.165, 1.54) is 0 Å². The number of ether oxygens (including phenoxy) is 1. The predicted octanol–water partition coefficient (Wildman–Crippen LogP) is 0.419. The normalized spacial score (nSPS) is 20.7. The van der Waals surface area contributed by atoms with Crippen LogP contribution in [-0.2, 0) is 14.3 Å². The highest BCUT2D eigenvalue weighted by molar-refractivity contribution is 5.81. The summed E-state index contributed by atoms with van der Waals surface area (Å²) in [5.74, 6) is -0.955. The second-order valence-electron chi connectivity index (χ2n) is 5.40. The number of rotatable bonds is 5. The van der Waals surface area contributed by atoms with Gasteiger partial charge in [-0.25, -0.2) is 0 Å². The van der Waals surface area contributed by atoms with Crippen LogP contribution in [0, 0.1) is 0 Å². The van der Waals surface area contributed by atoms with Gasteiger partial charge in [-0.1, -0.05) is 6.92 Å². The van der Waals surface area contributed by atoms with Crippen LogP contribution in [0.25, 0.3) is 0 Å². The lowest BCUT2D eigenvalue weighted by atomic mass is 10.0. The average Bonchev–Trinajstić information content (AvgIpc) is 2.35. The van der Waals surface area contributed by atoms with Crippen molar-refractivity contribution in [1.29, 1.82) is 0 Å². The number of carboxylic acid groups (broad SMARTS) is 1. The van der Waals surface area contributed by atoms with Crippen molar-refractivity contribution >= 4 is 11.9 Å². The van der Waals surface area contributed by atoms with Gasteiger partial charge in [-0.15, -0.1) is 0 Å². The highest BCUT2D eigenvalue weighted by atomic mass is 16.5. The van der Waals surface area contributed by atoms with Crippen molar-refractivity contribution in [2.75, 3.05) is 32.8 Å². The van der Waals surface area contributed by atoms with Crippen molar-refractivity contribution in [3.63, 3.8) is 0 Å². The monoisotopic (exact) mass is 272 g/mol. The molecule has 0 aromatic carbocycles. The molecule has 0 aromatic rings. The van der Waals surface area contributed by atoms with Crippen LogP contribution in [0.3, 0.4) is 0 Å². The summed E-state index contributed by atoms with van der Waals surface area (Å²) in [6.07, 6.45) is 0.0419. The Morgan fingerprint density at radius 3 is 2.58 bits per heavy atom. The number of carbonyl (C=O) groups excluding carboxylic acids is 1. The minimum atomic E-state index is -1.04. The fourth-order valence-electron chi connectivity index (χ4n) is 2.15. The summed E-state index contributed by atoms with van der Waals surface area (Å²) in [5.41, 5.74) is -1.04. The van der Waals surface area contributed by atoms with Gasteiger partial charge in [0.2, 0.25) is 5.91 Å². The van der Waals surface area contributed by atoms with Gasteiger partial charge >= 0.3 is 5.97 Å². The van der Waals surface area contributed by atoms with Gasteiger partial charge < -0.3 is 14.7 Å². The molecule has 1 rings (SSSR count). The van der Waals surface area contributed by atoms with Crippen LogP contribution >= 0.6 is 0 Å². The summed E-state index contributed by atoms with van der Waals surface area (Å²) < 4.78 is 5.39. The van der Waals surface area contributed by atoms with E-state index in [0.29, 0.717) is 26.2 Å². The number of aliphatic carboxylic acids is 1. The fourth-order valence-corrected chi connectivity index (χ4v) is 2.15. The van der Waals surface area contributed by atoms with E-state index in [1.54, 1.807) is 23.6 Å². The van der Waals surface area contributed by atoms with Gasteiger partial charge in [-0.05, 0) is 27.3 Å². The SMILES string of the molecule is CCN(CC(=O)N1CCOC(C)C1)C(C)(C)C(=O)O. The van der Waals surface area contributed by atoms with Gasteiger partial charge in [-0.3, -0.25) is 14.5 Å². The molecule has 19 heavy (non-hydrogen) atoms. The highest BCUT2D eigenvalue weighted by Crippen LogP contribution is 2.15. The Balaban J connectivity index is 2.65. The van der Waals surface area contributed by atoms with Crippen LogP contribution in [0.2, 0.25) is 0 Å². The Labute approximate surface area is 114 Å². The summed E-state index contributed by atoms with van der Waals surface area (Å²) in [5, 5.41) is 9.22. The second kappa shape index (κ2) is 6.34. The van der Waals surface area contributed by atoms with Crippen molar-refractivity contribution in [3.8, 4) is 0 Å². The standard InChI is InChI=1S/C13H24N2O4/c1-5-15(13(3,4)12(17)18)9-11(16)14-6-7-19-10(2)8-14/h10H,5-9H2,1-4H3,(H,17,18). The van der Waals surface area contributed by atoms with Crippen molar-refractivity contribution in [3.05, 3.63) is 0 Å². The van der Waals surface area contributed by atoms with E-state index in [4.69, 9.17) is 4.74 Å². The summed E-state index contributed by atoms with van der Waals surface area (Å²) in [7, 11) is 0. The van der Waals surface area contributed by atoms with E-state index < -0.39 is 11.5 Å². The quantitative estimate of drug-likeness (QED) is 0.785. The van der Waals surface area contributed by atoms with Gasteiger partial charge in [0.1, 0.15) is 5.54 Å². The molecular formula is C13H24N2O4. The van der Waals surface area contributed by atoms with Gasteiger partial charge in [0, 0.05) is 13.1 Å². The third-order valence-corrected chi connectivity index (χ3v) is 3.62. The first-order chi connectivity index (χ1) is 8.78. The number of carboxylic acids is 1. The Morgan fingerprint density at radius 2 is 2.11 bits per heavy atom. The molecule has 1 aliphatic heterocycles. The molecular weight excluding hydrogens is 248 g/mol. The zero-order valence-corrected chi connectivity index (χ0v) is 12.2. The molecule has 1 unspecified atom stereocenters. The first-order valence-electron chi connectivity index (χ1n) is 6.66. The maximum Gasteiger partial charge on any atom is 0.323 e. The van der Waals surface area contributed by atoms with Crippen molar-refractivity contribution in [2.24, 2.45) is 0 Å². The van der Waals surface area contributed by atoms with Crippen LogP contribution in [-0.4, -0.2) is 71.2 Å². The molecule has 1 atom stereocenters. The third kappa shape index (κ3) is 3.91. The van der Waals surface area contributed by atoms with E-state index in [1.807, 2.05) is 13.8 Å². The maximum atomic E-state index is 12.2. The molecule has 1 saturated heterocycles. The number of likely N-dealkylation sites (N-methyl/N-ethyl adjacent to an activating group) is 1. The molecule has 110 valence electrons. The van der Waals surface area contributed by atoms with Crippen molar-refractivity contribution < 1.29 is 19.4 Å². The molecule has 1 fully saturated rings. The third-order valence-electron chi connectivity index (χ3n) is 3.62. The molecule has 0 saturated carbocycles. The lowest BCUT2D eigenvalue weighted by molar-refractivity contribution is -0.152. The lowest BCUT2D eigenvalue weighted by Gasteiger charge is -2.37. The fraction of sp³-hybridized carbons (Fsp3) is 0.846. The molecule has 1 heterocycles. The Kier molecular flexibility index (Phi) is 5.31. The number of nitrogens with zero attached hydrogens (tertiary/aromatic N) is 2. The number of morpholine rings is 1. The lowest BCUT2D eigenvalue weighted by Crippen LogP contribution is -2.55. The molecule has 0 aromatic heterocycles. The van der Waals surface area contributed by atoms with Crippen molar-refractivity contribution in [1.82, 2.24) is 9.80 Å². The minimum absolute atomic E-state index is 0.0358. The van der Waals surface area contributed by atoms with E-state index in [0.717, 1.165) is 0 Å². The van der Waals surface area contributed by atoms with Crippen LogP contribution in [0.1, 0.15) is 27.7 Å².